The predicted molar refractivity (Wildman–Crippen MR) is 70.9 cm³/mol. The molecule has 0 aromatic carbocycles. The molecule has 0 aromatic rings. The lowest BCUT2D eigenvalue weighted by Crippen LogP contribution is -2.50. The van der Waals surface area contributed by atoms with E-state index in [1.165, 1.54) is 45.4 Å². The second-order valence-corrected chi connectivity index (χ2v) is 5.17. The molecule has 1 saturated heterocycles. The summed E-state index contributed by atoms with van der Waals surface area (Å²) in [5.74, 6) is 0. The molecule has 3 heteroatoms. The number of rotatable bonds is 6. The van der Waals surface area contributed by atoms with Gasteiger partial charge < -0.3 is 15.1 Å². The normalized spacial score (nSPS) is 25.9. The maximum atomic E-state index is 3.38. The third-order valence-electron chi connectivity index (χ3n) is 3.97. The molecule has 0 saturated carbocycles. The van der Waals surface area contributed by atoms with E-state index in [0.717, 1.165) is 6.04 Å². The predicted octanol–water partition coefficient (Wildman–Crippen LogP) is 1.40. The first kappa shape index (κ1) is 13.9. The second kappa shape index (κ2) is 7.25. The van der Waals surface area contributed by atoms with Gasteiger partial charge in [-0.1, -0.05) is 6.92 Å². The van der Waals surface area contributed by atoms with Gasteiger partial charge in [-0.3, -0.25) is 0 Å². The van der Waals surface area contributed by atoms with Crippen molar-refractivity contribution in [2.24, 2.45) is 0 Å². The lowest BCUT2D eigenvalue weighted by Gasteiger charge is -2.37. The first-order chi connectivity index (χ1) is 7.67. The third-order valence-corrected chi connectivity index (χ3v) is 3.97. The molecule has 0 aliphatic carbocycles. The van der Waals surface area contributed by atoms with Crippen LogP contribution in [0.5, 0.6) is 0 Å². The second-order valence-electron chi connectivity index (χ2n) is 5.17. The van der Waals surface area contributed by atoms with Gasteiger partial charge in [0.2, 0.25) is 0 Å². The quantitative estimate of drug-likeness (QED) is 0.740. The zero-order chi connectivity index (χ0) is 12.0. The van der Waals surface area contributed by atoms with E-state index in [9.17, 15) is 0 Å². The average molecular weight is 227 g/mol. The summed E-state index contributed by atoms with van der Waals surface area (Å²) in [6.45, 7) is 9.58. The van der Waals surface area contributed by atoms with Gasteiger partial charge >= 0.3 is 0 Å². The molecular weight excluding hydrogens is 198 g/mol. The van der Waals surface area contributed by atoms with E-state index in [0.29, 0.717) is 6.04 Å². The van der Waals surface area contributed by atoms with Crippen LogP contribution in [0.1, 0.15) is 33.1 Å². The van der Waals surface area contributed by atoms with Crippen molar-refractivity contribution < 1.29 is 0 Å². The molecule has 3 nitrogen and oxygen atoms in total. The van der Waals surface area contributed by atoms with E-state index < -0.39 is 0 Å². The molecule has 0 aromatic heterocycles. The van der Waals surface area contributed by atoms with Crippen LogP contribution >= 0.6 is 0 Å². The molecular formula is C13H29N3. The molecule has 1 fully saturated rings. The fourth-order valence-corrected chi connectivity index (χ4v) is 2.44. The van der Waals surface area contributed by atoms with Gasteiger partial charge in [-0.2, -0.15) is 0 Å². The minimum atomic E-state index is 0.713. The van der Waals surface area contributed by atoms with Gasteiger partial charge in [0.25, 0.3) is 0 Å². The van der Waals surface area contributed by atoms with Crippen molar-refractivity contribution in [1.82, 2.24) is 15.1 Å². The molecule has 1 rings (SSSR count). The molecule has 0 spiro atoms. The largest absolute Gasteiger partial charge is 0.317 e. The molecule has 96 valence electrons. The van der Waals surface area contributed by atoms with E-state index in [2.05, 4.69) is 43.1 Å². The standard InChI is InChI=1S/C13H29N3/c1-5-13(14-3)7-6-8-16-10-9-15(4)12(2)11-16/h12-14H,5-11H2,1-4H3. The van der Waals surface area contributed by atoms with Crippen LogP contribution in [-0.4, -0.2) is 62.2 Å². The topological polar surface area (TPSA) is 18.5 Å². The van der Waals surface area contributed by atoms with Crippen LogP contribution in [0.2, 0.25) is 0 Å². The number of likely N-dealkylation sites (N-methyl/N-ethyl adjacent to an activating group) is 1. The van der Waals surface area contributed by atoms with Crippen molar-refractivity contribution in [3.63, 3.8) is 0 Å². The van der Waals surface area contributed by atoms with Crippen molar-refractivity contribution in [2.45, 2.75) is 45.2 Å². The Hall–Kier alpha value is -0.120. The lowest BCUT2D eigenvalue weighted by atomic mass is 10.1. The number of nitrogens with zero attached hydrogens (tertiary/aromatic N) is 2. The number of nitrogens with one attached hydrogen (secondary N) is 1. The van der Waals surface area contributed by atoms with E-state index in [1.807, 2.05) is 0 Å². The summed E-state index contributed by atoms with van der Waals surface area (Å²) < 4.78 is 0. The van der Waals surface area contributed by atoms with Crippen molar-refractivity contribution in [1.29, 1.82) is 0 Å². The maximum Gasteiger partial charge on any atom is 0.0192 e. The van der Waals surface area contributed by atoms with E-state index in [4.69, 9.17) is 0 Å². The van der Waals surface area contributed by atoms with Gasteiger partial charge in [0, 0.05) is 31.7 Å². The van der Waals surface area contributed by atoms with Crippen LogP contribution in [0.25, 0.3) is 0 Å². The van der Waals surface area contributed by atoms with Crippen molar-refractivity contribution in [3.05, 3.63) is 0 Å². The highest BCUT2D eigenvalue weighted by atomic mass is 15.3. The van der Waals surface area contributed by atoms with Gasteiger partial charge in [0.1, 0.15) is 0 Å². The van der Waals surface area contributed by atoms with Crippen LogP contribution in [0, 0.1) is 0 Å². The minimum Gasteiger partial charge on any atom is -0.317 e. The highest BCUT2D eigenvalue weighted by molar-refractivity contribution is 4.76. The average Bonchev–Trinajstić information content (AvgIpc) is 2.29. The molecule has 0 bridgehead atoms. The summed E-state index contributed by atoms with van der Waals surface area (Å²) in [5, 5.41) is 3.38. The maximum absolute atomic E-state index is 3.38. The van der Waals surface area contributed by atoms with Crippen LogP contribution in [0.4, 0.5) is 0 Å². The first-order valence-electron chi connectivity index (χ1n) is 6.77. The number of hydrogen-bond donors (Lipinski definition) is 1. The van der Waals surface area contributed by atoms with Crippen LogP contribution in [0.15, 0.2) is 0 Å². The van der Waals surface area contributed by atoms with Gasteiger partial charge in [0.05, 0.1) is 0 Å². The Morgan fingerprint density at radius 2 is 2.12 bits per heavy atom. The summed E-state index contributed by atoms with van der Waals surface area (Å²) >= 11 is 0. The van der Waals surface area contributed by atoms with Crippen LogP contribution < -0.4 is 5.32 Å². The molecule has 1 aliphatic rings. The zero-order valence-corrected chi connectivity index (χ0v) is 11.5. The molecule has 0 radical (unpaired) electrons. The van der Waals surface area contributed by atoms with Gasteiger partial charge in [-0.25, -0.2) is 0 Å². The van der Waals surface area contributed by atoms with E-state index in [-0.39, 0.29) is 0 Å². The Kier molecular flexibility index (Phi) is 6.32. The fourth-order valence-electron chi connectivity index (χ4n) is 2.44. The van der Waals surface area contributed by atoms with Crippen LogP contribution in [-0.2, 0) is 0 Å². The van der Waals surface area contributed by atoms with Crippen LogP contribution in [0.3, 0.4) is 0 Å². The molecule has 1 heterocycles. The Bertz CT molecular complexity index is 180. The molecule has 0 amide bonds. The SMILES string of the molecule is CCC(CCCN1CCN(C)C(C)C1)NC. The smallest absolute Gasteiger partial charge is 0.0192 e. The Morgan fingerprint density at radius 3 is 2.69 bits per heavy atom. The Morgan fingerprint density at radius 1 is 1.38 bits per heavy atom. The summed E-state index contributed by atoms with van der Waals surface area (Å²) in [7, 11) is 4.31. The van der Waals surface area contributed by atoms with Gasteiger partial charge in [-0.05, 0) is 46.8 Å². The van der Waals surface area contributed by atoms with Gasteiger partial charge in [-0.15, -0.1) is 0 Å². The fraction of sp³-hybridized carbons (Fsp3) is 1.00. The molecule has 1 N–H and O–H groups in total. The zero-order valence-electron chi connectivity index (χ0n) is 11.5. The highest BCUT2D eigenvalue weighted by Gasteiger charge is 2.19. The van der Waals surface area contributed by atoms with E-state index in [1.54, 1.807) is 0 Å². The summed E-state index contributed by atoms with van der Waals surface area (Å²) in [6, 6.07) is 1.44. The molecule has 1 aliphatic heterocycles. The Labute approximate surface area is 101 Å². The summed E-state index contributed by atoms with van der Waals surface area (Å²) in [4.78, 5) is 5.08. The molecule has 2 atom stereocenters. The van der Waals surface area contributed by atoms with Crippen molar-refractivity contribution in [2.75, 3.05) is 40.3 Å². The van der Waals surface area contributed by atoms with Crippen molar-refractivity contribution >= 4 is 0 Å². The summed E-state index contributed by atoms with van der Waals surface area (Å²) in [6.07, 6.45) is 3.89. The van der Waals surface area contributed by atoms with E-state index >= 15 is 0 Å². The molecule has 16 heavy (non-hydrogen) atoms. The third kappa shape index (κ3) is 4.40. The lowest BCUT2D eigenvalue weighted by molar-refractivity contribution is 0.103. The Balaban J connectivity index is 2.13. The number of hydrogen-bond acceptors (Lipinski definition) is 3. The molecule has 2 unspecified atom stereocenters. The minimum absolute atomic E-state index is 0.713. The summed E-state index contributed by atoms with van der Waals surface area (Å²) in [5.41, 5.74) is 0. The number of piperazine rings is 1. The monoisotopic (exact) mass is 227 g/mol. The first-order valence-corrected chi connectivity index (χ1v) is 6.77. The van der Waals surface area contributed by atoms with Gasteiger partial charge in [0.15, 0.2) is 0 Å². The highest BCUT2D eigenvalue weighted by Crippen LogP contribution is 2.09. The van der Waals surface area contributed by atoms with Crippen molar-refractivity contribution in [3.8, 4) is 0 Å².